The maximum atomic E-state index is 5.22. The smallest absolute Gasteiger partial charge is 0.0615 e. The van der Waals surface area contributed by atoms with Crippen LogP contribution in [0.1, 0.15) is 53.4 Å². The molecule has 0 aromatic rings. The van der Waals surface area contributed by atoms with Crippen LogP contribution in [0.4, 0.5) is 0 Å². The zero-order valence-electron chi connectivity index (χ0n) is 13.2. The van der Waals surface area contributed by atoms with Gasteiger partial charge in [-0.1, -0.05) is 33.1 Å². The van der Waals surface area contributed by atoms with E-state index in [1.54, 1.807) is 7.11 Å². The van der Waals surface area contributed by atoms with E-state index in [2.05, 4.69) is 37.9 Å². The molecule has 2 atom stereocenters. The minimum Gasteiger partial charge on any atom is -0.383 e. The molecule has 2 unspecified atom stereocenters. The minimum absolute atomic E-state index is 0.511. The predicted octanol–water partition coefficient (Wildman–Crippen LogP) is 2.90. The third-order valence-electron chi connectivity index (χ3n) is 3.57. The van der Waals surface area contributed by atoms with E-state index in [4.69, 9.17) is 4.74 Å². The Bertz CT molecular complexity index is 176. The zero-order chi connectivity index (χ0) is 13.8. The molecule has 0 aliphatic heterocycles. The summed E-state index contributed by atoms with van der Waals surface area (Å²) < 4.78 is 5.22. The summed E-state index contributed by atoms with van der Waals surface area (Å²) in [6, 6.07) is 1.16. The van der Waals surface area contributed by atoms with Gasteiger partial charge in [-0.2, -0.15) is 0 Å². The second-order valence-electron chi connectivity index (χ2n) is 5.28. The molecular formula is C15H34N2O. The predicted molar refractivity (Wildman–Crippen MR) is 80.2 cm³/mol. The summed E-state index contributed by atoms with van der Waals surface area (Å²) in [7, 11) is 1.78. The van der Waals surface area contributed by atoms with E-state index in [-0.39, 0.29) is 0 Å². The van der Waals surface area contributed by atoms with Gasteiger partial charge in [-0.25, -0.2) is 0 Å². The van der Waals surface area contributed by atoms with Crippen molar-refractivity contribution in [2.75, 3.05) is 33.4 Å². The van der Waals surface area contributed by atoms with Gasteiger partial charge in [0.05, 0.1) is 6.61 Å². The lowest BCUT2D eigenvalue weighted by Gasteiger charge is -2.28. The molecule has 0 aliphatic carbocycles. The minimum atomic E-state index is 0.511. The van der Waals surface area contributed by atoms with Crippen molar-refractivity contribution in [3.05, 3.63) is 0 Å². The molecule has 0 rings (SSSR count). The van der Waals surface area contributed by atoms with Gasteiger partial charge in [0.1, 0.15) is 0 Å². The summed E-state index contributed by atoms with van der Waals surface area (Å²) in [6.07, 6.45) is 5.32. The molecule has 0 bridgehead atoms. The molecule has 1 N–H and O–H groups in total. The lowest BCUT2D eigenvalue weighted by molar-refractivity contribution is 0.103. The maximum absolute atomic E-state index is 5.22. The lowest BCUT2D eigenvalue weighted by atomic mass is 10.1. The first kappa shape index (κ1) is 17.9. The van der Waals surface area contributed by atoms with E-state index in [1.165, 1.54) is 25.7 Å². The Morgan fingerprint density at radius 2 is 1.89 bits per heavy atom. The molecule has 0 amide bonds. The van der Waals surface area contributed by atoms with Gasteiger partial charge in [-0.15, -0.1) is 0 Å². The Labute approximate surface area is 114 Å². The normalized spacial score (nSPS) is 15.0. The second-order valence-corrected chi connectivity index (χ2v) is 5.28. The summed E-state index contributed by atoms with van der Waals surface area (Å²) in [5, 5.41) is 3.62. The van der Waals surface area contributed by atoms with Crippen LogP contribution in [0, 0.1) is 0 Å². The number of ether oxygens (including phenoxy) is 1. The van der Waals surface area contributed by atoms with Crippen molar-refractivity contribution in [2.45, 2.75) is 65.5 Å². The molecule has 3 heteroatoms. The van der Waals surface area contributed by atoms with Gasteiger partial charge in [0.15, 0.2) is 0 Å². The van der Waals surface area contributed by atoms with Crippen LogP contribution in [0.3, 0.4) is 0 Å². The number of nitrogens with one attached hydrogen (secondary N) is 1. The van der Waals surface area contributed by atoms with Crippen LogP contribution < -0.4 is 5.32 Å². The standard InChI is InChI=1S/C15H34N2O/c1-6-8-9-10-14(3)16-11-12-17(7-2)15(4)13-18-5/h14-16H,6-13H2,1-5H3. The van der Waals surface area contributed by atoms with E-state index in [0.717, 1.165) is 26.2 Å². The van der Waals surface area contributed by atoms with Gasteiger partial charge < -0.3 is 10.1 Å². The Kier molecular flexibility index (Phi) is 11.9. The zero-order valence-corrected chi connectivity index (χ0v) is 13.2. The third-order valence-corrected chi connectivity index (χ3v) is 3.57. The fourth-order valence-corrected chi connectivity index (χ4v) is 2.29. The van der Waals surface area contributed by atoms with E-state index >= 15 is 0 Å². The highest BCUT2D eigenvalue weighted by molar-refractivity contribution is 4.68. The quantitative estimate of drug-likeness (QED) is 0.545. The SMILES string of the molecule is CCCCCC(C)NCCN(CC)C(C)COC. The summed E-state index contributed by atoms with van der Waals surface area (Å²) >= 11 is 0. The Morgan fingerprint density at radius 3 is 2.44 bits per heavy atom. The molecule has 0 spiro atoms. The Balaban J connectivity index is 3.65. The summed E-state index contributed by atoms with van der Waals surface area (Å²) in [6.45, 7) is 13.1. The third kappa shape index (κ3) is 8.90. The van der Waals surface area contributed by atoms with Crippen LogP contribution in [0.2, 0.25) is 0 Å². The van der Waals surface area contributed by atoms with Crippen molar-refractivity contribution in [3.63, 3.8) is 0 Å². The van der Waals surface area contributed by atoms with E-state index < -0.39 is 0 Å². The van der Waals surface area contributed by atoms with Crippen LogP contribution in [0.15, 0.2) is 0 Å². The van der Waals surface area contributed by atoms with E-state index in [9.17, 15) is 0 Å². The van der Waals surface area contributed by atoms with Gasteiger partial charge in [0.25, 0.3) is 0 Å². The first-order valence-corrected chi connectivity index (χ1v) is 7.62. The molecule has 0 aromatic carbocycles. The topological polar surface area (TPSA) is 24.5 Å². The molecule has 18 heavy (non-hydrogen) atoms. The monoisotopic (exact) mass is 258 g/mol. The molecule has 3 nitrogen and oxygen atoms in total. The highest BCUT2D eigenvalue weighted by atomic mass is 16.5. The first-order valence-electron chi connectivity index (χ1n) is 7.62. The number of nitrogens with zero attached hydrogens (tertiary/aromatic N) is 1. The fraction of sp³-hybridized carbons (Fsp3) is 1.00. The van der Waals surface area contributed by atoms with Crippen LogP contribution in [0.5, 0.6) is 0 Å². The second kappa shape index (κ2) is 11.9. The summed E-state index contributed by atoms with van der Waals surface area (Å²) in [4.78, 5) is 2.47. The van der Waals surface area contributed by atoms with Gasteiger partial charge in [0, 0.05) is 32.3 Å². The molecule has 0 aliphatic rings. The summed E-state index contributed by atoms with van der Waals surface area (Å²) in [5.74, 6) is 0. The molecule has 0 fully saturated rings. The van der Waals surface area contributed by atoms with Crippen molar-refractivity contribution in [1.82, 2.24) is 10.2 Å². The largest absolute Gasteiger partial charge is 0.383 e. The van der Waals surface area contributed by atoms with Crippen molar-refractivity contribution < 1.29 is 4.74 Å². The number of unbranched alkanes of at least 4 members (excludes halogenated alkanes) is 2. The van der Waals surface area contributed by atoms with E-state index in [0.29, 0.717) is 12.1 Å². The van der Waals surface area contributed by atoms with Crippen molar-refractivity contribution in [3.8, 4) is 0 Å². The highest BCUT2D eigenvalue weighted by Gasteiger charge is 2.11. The van der Waals surface area contributed by atoms with Crippen LogP contribution >= 0.6 is 0 Å². The van der Waals surface area contributed by atoms with E-state index in [1.807, 2.05) is 0 Å². The van der Waals surface area contributed by atoms with Crippen LogP contribution in [-0.2, 0) is 4.74 Å². The number of hydrogen-bond acceptors (Lipinski definition) is 3. The molecule has 0 aromatic heterocycles. The number of hydrogen-bond donors (Lipinski definition) is 1. The average molecular weight is 258 g/mol. The Morgan fingerprint density at radius 1 is 1.17 bits per heavy atom. The number of likely N-dealkylation sites (N-methyl/N-ethyl adjacent to an activating group) is 1. The number of rotatable bonds is 12. The molecule has 0 saturated heterocycles. The van der Waals surface area contributed by atoms with Crippen molar-refractivity contribution in [2.24, 2.45) is 0 Å². The van der Waals surface area contributed by atoms with Crippen LogP contribution in [-0.4, -0.2) is 50.3 Å². The maximum Gasteiger partial charge on any atom is 0.0615 e. The number of methoxy groups -OCH3 is 1. The van der Waals surface area contributed by atoms with Crippen LogP contribution in [0.25, 0.3) is 0 Å². The fourth-order valence-electron chi connectivity index (χ4n) is 2.29. The Hall–Kier alpha value is -0.120. The summed E-state index contributed by atoms with van der Waals surface area (Å²) in [5.41, 5.74) is 0. The molecule has 110 valence electrons. The van der Waals surface area contributed by atoms with Gasteiger partial charge in [-0.3, -0.25) is 4.90 Å². The average Bonchev–Trinajstić information content (AvgIpc) is 2.35. The van der Waals surface area contributed by atoms with Crippen molar-refractivity contribution >= 4 is 0 Å². The van der Waals surface area contributed by atoms with Gasteiger partial charge >= 0.3 is 0 Å². The highest BCUT2D eigenvalue weighted by Crippen LogP contribution is 2.03. The van der Waals surface area contributed by atoms with Gasteiger partial charge in [0.2, 0.25) is 0 Å². The molecule has 0 saturated carbocycles. The molecular weight excluding hydrogens is 224 g/mol. The van der Waals surface area contributed by atoms with Gasteiger partial charge in [-0.05, 0) is 26.8 Å². The molecule has 0 radical (unpaired) electrons. The first-order chi connectivity index (χ1) is 8.65. The molecule has 0 heterocycles. The lowest BCUT2D eigenvalue weighted by Crippen LogP contribution is -2.42. The van der Waals surface area contributed by atoms with Crippen molar-refractivity contribution in [1.29, 1.82) is 0 Å².